The monoisotopic (exact) mass is 468 g/mol. The predicted molar refractivity (Wildman–Crippen MR) is 140 cm³/mol. The minimum absolute atomic E-state index is 0.210. The van der Waals surface area contributed by atoms with Gasteiger partial charge in [0.15, 0.2) is 0 Å². The number of anilines is 1. The molecular formula is C27H24N4O2S. The van der Waals surface area contributed by atoms with E-state index in [2.05, 4.69) is 50.8 Å². The number of rotatable bonds is 3. The molecule has 2 N–H and O–H groups in total. The summed E-state index contributed by atoms with van der Waals surface area (Å²) in [7, 11) is 2.14. The van der Waals surface area contributed by atoms with Crippen LogP contribution in [0.25, 0.3) is 10.8 Å². The molecule has 0 atom stereocenters. The molecule has 6 nitrogen and oxygen atoms in total. The first-order valence-corrected chi connectivity index (χ1v) is 12.0. The van der Waals surface area contributed by atoms with Crippen LogP contribution in [-0.2, 0) is 0 Å². The number of piperazine rings is 1. The van der Waals surface area contributed by atoms with Crippen LogP contribution in [0.4, 0.5) is 11.4 Å². The van der Waals surface area contributed by atoms with Crippen molar-refractivity contribution < 1.29 is 5.11 Å². The van der Waals surface area contributed by atoms with E-state index in [1.807, 2.05) is 41.1 Å². The fourth-order valence-electron chi connectivity index (χ4n) is 3.98. The van der Waals surface area contributed by atoms with Crippen LogP contribution in [0.5, 0.6) is 5.88 Å². The van der Waals surface area contributed by atoms with Crippen molar-refractivity contribution >= 4 is 39.7 Å². The zero-order valence-electron chi connectivity index (χ0n) is 18.8. The second-order valence-corrected chi connectivity index (χ2v) is 9.08. The molecule has 0 spiro atoms. The molecule has 1 fully saturated rings. The van der Waals surface area contributed by atoms with Crippen molar-refractivity contribution in [1.82, 2.24) is 9.88 Å². The third kappa shape index (κ3) is 4.74. The molecule has 3 heterocycles. The van der Waals surface area contributed by atoms with E-state index in [4.69, 9.17) is 0 Å². The van der Waals surface area contributed by atoms with Gasteiger partial charge >= 0.3 is 0 Å². The molecule has 2 aromatic carbocycles. The van der Waals surface area contributed by atoms with Gasteiger partial charge in [0.2, 0.25) is 5.88 Å². The van der Waals surface area contributed by atoms with Crippen molar-refractivity contribution in [1.29, 1.82) is 0 Å². The summed E-state index contributed by atoms with van der Waals surface area (Å²) in [6.07, 6.45) is 1.59. The van der Waals surface area contributed by atoms with Crippen LogP contribution >= 0.6 is 11.3 Å². The number of aromatic nitrogens is 1. The number of hydrogen-bond acceptors (Lipinski definition) is 6. The summed E-state index contributed by atoms with van der Waals surface area (Å²) in [5, 5.41) is 15.5. The molecule has 1 saturated heterocycles. The highest BCUT2D eigenvalue weighted by atomic mass is 32.1. The summed E-state index contributed by atoms with van der Waals surface area (Å²) >= 11 is 1.59. The van der Waals surface area contributed by atoms with Gasteiger partial charge in [-0.15, -0.1) is 0 Å². The third-order valence-corrected chi connectivity index (χ3v) is 6.66. The Balaban J connectivity index is 1.44. The van der Waals surface area contributed by atoms with E-state index in [1.54, 1.807) is 23.6 Å². The van der Waals surface area contributed by atoms with Crippen molar-refractivity contribution in [2.75, 3.05) is 38.1 Å². The van der Waals surface area contributed by atoms with Crippen molar-refractivity contribution in [3.05, 3.63) is 86.3 Å². The number of aromatic hydroxyl groups is 1. The normalized spacial score (nSPS) is 14.4. The van der Waals surface area contributed by atoms with E-state index < -0.39 is 0 Å². The Morgan fingerprint density at radius 2 is 1.76 bits per heavy atom. The highest BCUT2D eigenvalue weighted by molar-refractivity contribution is 7.08. The van der Waals surface area contributed by atoms with Gasteiger partial charge < -0.3 is 14.9 Å². The van der Waals surface area contributed by atoms with Crippen LogP contribution < -0.4 is 10.5 Å². The molecule has 2 aromatic heterocycles. The number of likely N-dealkylation sites (N-methyl/N-ethyl adjacent to an activating group) is 1. The minimum atomic E-state index is -0.349. The van der Waals surface area contributed by atoms with Gasteiger partial charge in [0.05, 0.1) is 11.3 Å². The quantitative estimate of drug-likeness (QED) is 0.349. The Morgan fingerprint density at radius 1 is 1.00 bits per heavy atom. The van der Waals surface area contributed by atoms with E-state index in [0.29, 0.717) is 16.3 Å². The average molecular weight is 469 g/mol. The molecule has 0 bridgehead atoms. The Hall–Kier alpha value is -3.86. The average Bonchev–Trinajstić information content (AvgIpc) is 3.37. The van der Waals surface area contributed by atoms with Crippen LogP contribution in [0.1, 0.15) is 16.7 Å². The lowest BCUT2D eigenvalue weighted by Gasteiger charge is -2.34. The standard InChI is InChI=1S/C27H24N4O2S/c1-30-11-13-31(14-12-30)22-7-5-21(6-8-22)28-17-25-24-16-19(2-3-20-10-15-34-18-20)4-9-23(24)26(32)29-27(25)33/h4-10,15-18H,11-14H2,1H3,(H2,29,32,33). The third-order valence-electron chi connectivity index (χ3n) is 5.97. The lowest BCUT2D eigenvalue weighted by atomic mass is 10.0. The molecule has 4 aromatic rings. The van der Waals surface area contributed by atoms with Gasteiger partial charge in [0.25, 0.3) is 5.56 Å². The first-order valence-electron chi connectivity index (χ1n) is 11.1. The minimum Gasteiger partial charge on any atom is -0.494 e. The fraction of sp³-hybridized carbons (Fsp3) is 0.185. The SMILES string of the molecule is CN1CCN(c2ccc(N=Cc3c(O)[nH]c(=O)c4ccc(C#Cc5ccsc5)cc34)cc2)CC1. The number of pyridine rings is 1. The molecule has 1 aliphatic rings. The number of nitrogens with zero attached hydrogens (tertiary/aromatic N) is 3. The molecule has 170 valence electrons. The highest BCUT2D eigenvalue weighted by Crippen LogP contribution is 2.25. The Bertz CT molecular complexity index is 1450. The fourth-order valence-corrected chi connectivity index (χ4v) is 4.56. The number of thiophene rings is 1. The number of benzene rings is 2. The summed E-state index contributed by atoms with van der Waals surface area (Å²) < 4.78 is 0. The Morgan fingerprint density at radius 3 is 2.50 bits per heavy atom. The number of aromatic amines is 1. The highest BCUT2D eigenvalue weighted by Gasteiger charge is 2.14. The summed E-state index contributed by atoms with van der Waals surface area (Å²) in [5.41, 5.74) is 3.76. The van der Waals surface area contributed by atoms with Gasteiger partial charge in [-0.3, -0.25) is 14.8 Å². The van der Waals surface area contributed by atoms with Gasteiger partial charge in [0, 0.05) is 65.4 Å². The maximum absolute atomic E-state index is 12.4. The molecule has 0 aliphatic carbocycles. The van der Waals surface area contributed by atoms with Crippen LogP contribution in [0.15, 0.2) is 69.1 Å². The molecule has 34 heavy (non-hydrogen) atoms. The van der Waals surface area contributed by atoms with E-state index >= 15 is 0 Å². The van der Waals surface area contributed by atoms with E-state index in [9.17, 15) is 9.90 Å². The molecular weight excluding hydrogens is 444 g/mol. The number of H-pyrrole nitrogens is 1. The molecule has 0 amide bonds. The van der Waals surface area contributed by atoms with Crippen molar-refractivity contribution in [3.63, 3.8) is 0 Å². The smallest absolute Gasteiger partial charge is 0.258 e. The van der Waals surface area contributed by atoms with E-state index in [1.165, 1.54) is 5.69 Å². The van der Waals surface area contributed by atoms with E-state index in [0.717, 1.165) is 43.0 Å². The predicted octanol–water partition coefficient (Wildman–Crippen LogP) is 4.20. The first kappa shape index (κ1) is 22.0. The second-order valence-electron chi connectivity index (χ2n) is 8.30. The van der Waals surface area contributed by atoms with Gasteiger partial charge in [-0.1, -0.05) is 11.8 Å². The van der Waals surface area contributed by atoms with Crippen LogP contribution in [0.3, 0.4) is 0 Å². The lowest BCUT2D eigenvalue weighted by molar-refractivity contribution is 0.313. The molecule has 1 aliphatic heterocycles. The van der Waals surface area contributed by atoms with Gasteiger partial charge in [-0.05, 0) is 61.0 Å². The number of nitrogens with one attached hydrogen (secondary N) is 1. The summed E-state index contributed by atoms with van der Waals surface area (Å²) in [6, 6.07) is 15.4. The number of fused-ring (bicyclic) bond motifs is 1. The van der Waals surface area contributed by atoms with E-state index in [-0.39, 0.29) is 11.4 Å². The first-order chi connectivity index (χ1) is 16.6. The maximum Gasteiger partial charge on any atom is 0.258 e. The zero-order chi connectivity index (χ0) is 23.5. The van der Waals surface area contributed by atoms with Crippen LogP contribution in [0.2, 0.25) is 0 Å². The van der Waals surface area contributed by atoms with Crippen molar-refractivity contribution in [3.8, 4) is 17.7 Å². The Labute approximate surface area is 201 Å². The Kier molecular flexibility index (Phi) is 6.17. The van der Waals surface area contributed by atoms with Gasteiger partial charge in [-0.25, -0.2) is 0 Å². The van der Waals surface area contributed by atoms with Gasteiger partial charge in [-0.2, -0.15) is 11.3 Å². The second kappa shape index (κ2) is 9.56. The van der Waals surface area contributed by atoms with Crippen molar-refractivity contribution in [2.45, 2.75) is 0 Å². The zero-order valence-corrected chi connectivity index (χ0v) is 19.6. The van der Waals surface area contributed by atoms with Crippen molar-refractivity contribution in [2.24, 2.45) is 4.99 Å². The molecule has 0 unspecified atom stereocenters. The summed E-state index contributed by atoms with van der Waals surface area (Å²) in [6.45, 7) is 4.12. The van der Waals surface area contributed by atoms with Gasteiger partial charge in [0.1, 0.15) is 0 Å². The topological polar surface area (TPSA) is 71.9 Å². The lowest BCUT2D eigenvalue weighted by Crippen LogP contribution is -2.44. The van der Waals surface area contributed by atoms with Crippen LogP contribution in [0, 0.1) is 11.8 Å². The summed E-state index contributed by atoms with van der Waals surface area (Å²) in [4.78, 5) is 24.2. The number of hydrogen-bond donors (Lipinski definition) is 2. The molecule has 7 heteroatoms. The molecule has 5 rings (SSSR count). The molecule has 0 saturated carbocycles. The largest absolute Gasteiger partial charge is 0.494 e. The number of aliphatic imine (C=N–C) groups is 1. The summed E-state index contributed by atoms with van der Waals surface area (Å²) in [5.74, 6) is 6.04. The maximum atomic E-state index is 12.4. The van der Waals surface area contributed by atoms with Crippen LogP contribution in [-0.4, -0.2) is 54.4 Å². The molecule has 0 radical (unpaired) electrons.